The maximum atomic E-state index is 5.17. The Hall–Kier alpha value is -2.35. The van der Waals surface area contributed by atoms with Crippen LogP contribution in [0.3, 0.4) is 0 Å². The third kappa shape index (κ3) is 3.21. The lowest BCUT2D eigenvalue weighted by Crippen LogP contribution is -2.40. The molecule has 0 aliphatic rings. The Kier molecular flexibility index (Phi) is 4.61. The van der Waals surface area contributed by atoms with Crippen molar-refractivity contribution in [1.29, 1.82) is 0 Å². The van der Waals surface area contributed by atoms with Crippen molar-refractivity contribution in [3.63, 3.8) is 0 Å². The van der Waals surface area contributed by atoms with Crippen LogP contribution in [0.4, 0.5) is 5.95 Å². The summed E-state index contributed by atoms with van der Waals surface area (Å²) in [4.78, 5) is 14.3. The fourth-order valence-electron chi connectivity index (χ4n) is 2.26. The van der Waals surface area contributed by atoms with Gasteiger partial charge in [0.25, 0.3) is 0 Å². The summed E-state index contributed by atoms with van der Waals surface area (Å²) < 4.78 is 3.41. The summed E-state index contributed by atoms with van der Waals surface area (Å²) in [6.07, 6.45) is 8.47. The first-order valence-corrected chi connectivity index (χ1v) is 8.54. The van der Waals surface area contributed by atoms with Crippen LogP contribution in [-0.2, 0) is 13.0 Å². The Morgan fingerprint density at radius 1 is 1.39 bits per heavy atom. The van der Waals surface area contributed by atoms with Crippen molar-refractivity contribution in [2.75, 3.05) is 18.7 Å². The van der Waals surface area contributed by atoms with Gasteiger partial charge in [0.15, 0.2) is 10.8 Å². The third-order valence-electron chi connectivity index (χ3n) is 3.48. The molecule has 0 unspecified atom stereocenters. The molecule has 0 fully saturated rings. The number of aryl methyl sites for hydroxylation is 1. The zero-order valence-electron chi connectivity index (χ0n) is 13.4. The standard InChI is InChI=1S/C15H19N6OS/c1-4-12-9-17-21-13(12)18-15(23-3)19-14(21)16-8-11-6-5-7-20(10-11)22-2/h5-7,9-10H,4,8H2,1-3H3,(H,16,18,19)/q+1. The summed E-state index contributed by atoms with van der Waals surface area (Å²) in [5.74, 6) is 0.687. The molecule has 1 N–H and O–H groups in total. The van der Waals surface area contributed by atoms with E-state index in [4.69, 9.17) is 4.84 Å². The summed E-state index contributed by atoms with van der Waals surface area (Å²) in [6.45, 7) is 2.71. The quantitative estimate of drug-likeness (QED) is 0.543. The minimum absolute atomic E-state index is 0.617. The van der Waals surface area contributed by atoms with Crippen LogP contribution in [0.1, 0.15) is 18.1 Å². The minimum Gasteiger partial charge on any atom is -0.350 e. The van der Waals surface area contributed by atoms with Gasteiger partial charge in [-0.3, -0.25) is 4.84 Å². The van der Waals surface area contributed by atoms with Gasteiger partial charge in [-0.15, -0.1) is 0 Å². The molecule has 0 aliphatic carbocycles. The van der Waals surface area contributed by atoms with Crippen molar-refractivity contribution in [3.05, 3.63) is 41.9 Å². The number of nitrogens with zero attached hydrogens (tertiary/aromatic N) is 5. The van der Waals surface area contributed by atoms with E-state index < -0.39 is 0 Å². The molecule has 0 bridgehead atoms. The highest BCUT2D eigenvalue weighted by Gasteiger charge is 2.12. The van der Waals surface area contributed by atoms with Crippen LogP contribution in [0.25, 0.3) is 5.65 Å². The molecule has 0 radical (unpaired) electrons. The zero-order valence-corrected chi connectivity index (χ0v) is 14.2. The minimum atomic E-state index is 0.617. The number of fused-ring (bicyclic) bond motifs is 1. The van der Waals surface area contributed by atoms with Gasteiger partial charge < -0.3 is 5.32 Å². The molecule has 3 heterocycles. The Bertz CT molecular complexity index is 819. The summed E-state index contributed by atoms with van der Waals surface area (Å²) in [7, 11) is 1.63. The molecule has 0 aromatic carbocycles. The van der Waals surface area contributed by atoms with Gasteiger partial charge >= 0.3 is 0 Å². The van der Waals surface area contributed by atoms with Crippen molar-refractivity contribution < 1.29 is 9.57 Å². The second kappa shape index (κ2) is 6.82. The van der Waals surface area contributed by atoms with Crippen molar-refractivity contribution in [2.45, 2.75) is 25.0 Å². The lowest BCUT2D eigenvalue weighted by molar-refractivity contribution is -0.885. The lowest BCUT2D eigenvalue weighted by atomic mass is 10.3. The smallest absolute Gasteiger partial charge is 0.228 e. The van der Waals surface area contributed by atoms with Crippen molar-refractivity contribution in [3.8, 4) is 0 Å². The fourth-order valence-corrected chi connectivity index (χ4v) is 2.61. The second-order valence-electron chi connectivity index (χ2n) is 4.90. The molecule has 3 aromatic rings. The lowest BCUT2D eigenvalue weighted by Gasteiger charge is -2.08. The van der Waals surface area contributed by atoms with Crippen LogP contribution in [-0.4, -0.2) is 32.9 Å². The van der Waals surface area contributed by atoms with Crippen LogP contribution < -0.4 is 14.9 Å². The van der Waals surface area contributed by atoms with E-state index in [0.717, 1.165) is 28.4 Å². The first-order chi connectivity index (χ1) is 11.2. The highest BCUT2D eigenvalue weighted by molar-refractivity contribution is 7.98. The first kappa shape index (κ1) is 15.5. The van der Waals surface area contributed by atoms with Gasteiger partial charge in [0, 0.05) is 28.5 Å². The maximum absolute atomic E-state index is 5.17. The van der Waals surface area contributed by atoms with Crippen molar-refractivity contribution in [2.24, 2.45) is 0 Å². The molecule has 3 aromatic heterocycles. The maximum Gasteiger partial charge on any atom is 0.228 e. The molecule has 120 valence electrons. The normalized spacial score (nSPS) is 10.9. The van der Waals surface area contributed by atoms with Gasteiger partial charge in [-0.1, -0.05) is 18.7 Å². The number of rotatable bonds is 6. The highest BCUT2D eigenvalue weighted by atomic mass is 32.2. The second-order valence-corrected chi connectivity index (χ2v) is 5.67. The van der Waals surface area contributed by atoms with Gasteiger partial charge in [0.05, 0.1) is 6.20 Å². The largest absolute Gasteiger partial charge is 0.350 e. The van der Waals surface area contributed by atoms with Gasteiger partial charge in [0.2, 0.25) is 18.3 Å². The van der Waals surface area contributed by atoms with Crippen molar-refractivity contribution >= 4 is 23.4 Å². The van der Waals surface area contributed by atoms with Crippen LogP contribution in [0.2, 0.25) is 0 Å². The molecular weight excluding hydrogens is 312 g/mol. The summed E-state index contributed by atoms with van der Waals surface area (Å²) in [5.41, 5.74) is 3.05. The van der Waals surface area contributed by atoms with E-state index in [2.05, 4.69) is 27.3 Å². The number of anilines is 1. The van der Waals surface area contributed by atoms with Crippen LogP contribution in [0.15, 0.2) is 35.9 Å². The average molecular weight is 331 g/mol. The van der Waals surface area contributed by atoms with E-state index >= 15 is 0 Å². The number of hydrogen-bond acceptors (Lipinski definition) is 6. The Labute approximate surface area is 138 Å². The monoisotopic (exact) mass is 331 g/mol. The molecule has 0 spiro atoms. The van der Waals surface area contributed by atoms with Gasteiger partial charge in [0.1, 0.15) is 7.11 Å². The predicted octanol–water partition coefficient (Wildman–Crippen LogP) is 1.37. The van der Waals surface area contributed by atoms with Crippen LogP contribution in [0.5, 0.6) is 0 Å². The average Bonchev–Trinajstić information content (AvgIpc) is 3.02. The zero-order chi connectivity index (χ0) is 16.2. The first-order valence-electron chi connectivity index (χ1n) is 7.32. The van der Waals surface area contributed by atoms with Gasteiger partial charge in [-0.2, -0.15) is 14.6 Å². The fraction of sp³-hybridized carbons (Fsp3) is 0.333. The Balaban J connectivity index is 1.91. The Morgan fingerprint density at radius 2 is 2.26 bits per heavy atom. The highest BCUT2D eigenvalue weighted by Crippen LogP contribution is 2.18. The van der Waals surface area contributed by atoms with Crippen molar-refractivity contribution in [1.82, 2.24) is 19.6 Å². The number of aromatic nitrogens is 5. The molecular formula is C15H19N6OS+. The topological polar surface area (TPSA) is 68.2 Å². The SMILES string of the molecule is CCc1cnn2c(NCc3ccc[n+](OC)c3)nc(SC)nc12. The molecule has 0 atom stereocenters. The van der Waals surface area contributed by atoms with Crippen LogP contribution >= 0.6 is 11.8 Å². The number of thioether (sulfide) groups is 1. The summed E-state index contributed by atoms with van der Waals surface area (Å²) in [6, 6.07) is 3.96. The summed E-state index contributed by atoms with van der Waals surface area (Å²) >= 11 is 1.52. The number of hydrogen-bond donors (Lipinski definition) is 1. The van der Waals surface area contributed by atoms with E-state index in [0.29, 0.717) is 12.5 Å². The predicted molar refractivity (Wildman–Crippen MR) is 88.4 cm³/mol. The van der Waals surface area contributed by atoms with E-state index in [-0.39, 0.29) is 0 Å². The van der Waals surface area contributed by atoms with Crippen LogP contribution in [0, 0.1) is 0 Å². The van der Waals surface area contributed by atoms with E-state index in [1.54, 1.807) is 16.4 Å². The van der Waals surface area contributed by atoms with E-state index in [1.807, 2.05) is 37.0 Å². The molecule has 0 amide bonds. The Morgan fingerprint density at radius 3 is 3.00 bits per heavy atom. The molecule has 3 rings (SSSR count). The molecule has 0 aliphatic heterocycles. The van der Waals surface area contributed by atoms with Gasteiger partial charge in [-0.25, -0.2) is 4.98 Å². The molecule has 0 saturated carbocycles. The van der Waals surface area contributed by atoms with Gasteiger partial charge in [-0.05, 0) is 18.7 Å². The third-order valence-corrected chi connectivity index (χ3v) is 4.03. The molecule has 7 nitrogen and oxygen atoms in total. The number of pyridine rings is 1. The molecule has 8 heteroatoms. The summed E-state index contributed by atoms with van der Waals surface area (Å²) in [5, 5.41) is 8.47. The number of nitrogens with one attached hydrogen (secondary N) is 1. The molecule has 0 saturated heterocycles. The van der Waals surface area contributed by atoms with E-state index in [1.165, 1.54) is 11.8 Å². The molecule has 23 heavy (non-hydrogen) atoms. The van der Waals surface area contributed by atoms with E-state index in [9.17, 15) is 0 Å².